The van der Waals surface area contributed by atoms with Gasteiger partial charge in [-0.15, -0.1) is 0 Å². The van der Waals surface area contributed by atoms with Gasteiger partial charge in [-0.25, -0.2) is 4.98 Å². The number of fused-ring (bicyclic) bond motifs is 2. The number of aliphatic hydroxyl groups excluding tert-OH is 1. The molecule has 0 aromatic carbocycles. The minimum Gasteiger partial charge on any atom is -0.396 e. The Morgan fingerprint density at radius 1 is 1.29 bits per heavy atom. The normalized spacial score (nSPS) is 31.9. The molecular formula is C12H16ClN3O. The molecule has 2 unspecified atom stereocenters. The molecule has 2 aliphatic rings. The first-order valence-corrected chi connectivity index (χ1v) is 6.41. The van der Waals surface area contributed by atoms with Gasteiger partial charge >= 0.3 is 0 Å². The number of anilines is 2. The number of piperidine rings is 1. The zero-order valence-corrected chi connectivity index (χ0v) is 10.3. The minimum atomic E-state index is -0.177. The van der Waals surface area contributed by atoms with E-state index in [1.165, 1.54) is 0 Å². The Balaban J connectivity index is 1.97. The maximum absolute atomic E-state index is 9.77. The predicted molar refractivity (Wildman–Crippen MR) is 68.2 cm³/mol. The van der Waals surface area contributed by atoms with Crippen LogP contribution < -0.4 is 10.6 Å². The number of nitrogens with two attached hydrogens (primary N) is 1. The molecule has 2 saturated heterocycles. The van der Waals surface area contributed by atoms with E-state index >= 15 is 0 Å². The van der Waals surface area contributed by atoms with Crippen LogP contribution in [0, 0.1) is 0 Å². The molecule has 0 radical (unpaired) electrons. The monoisotopic (exact) mass is 253 g/mol. The maximum atomic E-state index is 9.77. The van der Waals surface area contributed by atoms with Crippen LogP contribution in [0.1, 0.15) is 25.7 Å². The molecule has 0 saturated carbocycles. The molecule has 2 fully saturated rings. The highest BCUT2D eigenvalue weighted by molar-refractivity contribution is 6.29. The molecule has 17 heavy (non-hydrogen) atoms. The number of halogens is 1. The second kappa shape index (κ2) is 4.03. The van der Waals surface area contributed by atoms with E-state index in [2.05, 4.69) is 9.88 Å². The Bertz CT molecular complexity index is 426. The number of hydrogen-bond donors (Lipinski definition) is 2. The van der Waals surface area contributed by atoms with Crippen molar-refractivity contribution >= 4 is 23.1 Å². The van der Waals surface area contributed by atoms with Crippen molar-refractivity contribution in [2.24, 2.45) is 0 Å². The third-order valence-electron chi connectivity index (χ3n) is 3.82. The lowest BCUT2D eigenvalue weighted by Gasteiger charge is -2.38. The third-order valence-corrected chi connectivity index (χ3v) is 4.03. The Labute approximate surface area is 105 Å². The summed E-state index contributed by atoms with van der Waals surface area (Å²) in [4.78, 5) is 6.60. The molecule has 2 bridgehead atoms. The molecule has 3 N–H and O–H groups in total. The molecule has 3 heterocycles. The van der Waals surface area contributed by atoms with Crippen LogP contribution in [0.5, 0.6) is 0 Å². The first-order chi connectivity index (χ1) is 8.15. The van der Waals surface area contributed by atoms with Crippen molar-refractivity contribution in [3.05, 3.63) is 17.3 Å². The number of nitrogens with zero attached hydrogens (tertiary/aromatic N) is 2. The highest BCUT2D eigenvalue weighted by Gasteiger charge is 2.41. The van der Waals surface area contributed by atoms with Gasteiger partial charge in [0, 0.05) is 12.1 Å². The SMILES string of the molecule is Nc1ccc(Cl)nc1N1C2CCC1CC(O)C2. The van der Waals surface area contributed by atoms with Crippen molar-refractivity contribution in [2.45, 2.75) is 43.9 Å². The fourth-order valence-electron chi connectivity index (χ4n) is 3.14. The molecule has 0 amide bonds. The fraction of sp³-hybridized carbons (Fsp3) is 0.583. The van der Waals surface area contributed by atoms with E-state index in [0.717, 1.165) is 31.5 Å². The summed E-state index contributed by atoms with van der Waals surface area (Å²) in [7, 11) is 0. The molecule has 1 aromatic rings. The van der Waals surface area contributed by atoms with Gasteiger partial charge in [0.1, 0.15) is 5.15 Å². The van der Waals surface area contributed by atoms with Crippen LogP contribution in [0.4, 0.5) is 11.5 Å². The summed E-state index contributed by atoms with van der Waals surface area (Å²) >= 11 is 5.94. The summed E-state index contributed by atoms with van der Waals surface area (Å²) in [6.45, 7) is 0. The summed E-state index contributed by atoms with van der Waals surface area (Å²) in [6, 6.07) is 4.23. The van der Waals surface area contributed by atoms with E-state index in [0.29, 0.717) is 22.9 Å². The molecule has 4 nitrogen and oxygen atoms in total. The van der Waals surface area contributed by atoms with Crippen LogP contribution in [0.2, 0.25) is 5.15 Å². The maximum Gasteiger partial charge on any atom is 0.154 e. The summed E-state index contributed by atoms with van der Waals surface area (Å²) in [6.07, 6.45) is 3.66. The largest absolute Gasteiger partial charge is 0.396 e. The molecule has 0 aliphatic carbocycles. The third kappa shape index (κ3) is 1.85. The number of aliphatic hydroxyl groups is 1. The summed E-state index contributed by atoms with van der Waals surface area (Å²) in [5, 5.41) is 10.2. The molecule has 0 spiro atoms. The zero-order chi connectivity index (χ0) is 12.0. The molecule has 92 valence electrons. The number of hydrogen-bond acceptors (Lipinski definition) is 4. The van der Waals surface area contributed by atoms with Crippen molar-refractivity contribution in [3.63, 3.8) is 0 Å². The van der Waals surface area contributed by atoms with E-state index in [1.54, 1.807) is 12.1 Å². The molecule has 2 atom stereocenters. The number of rotatable bonds is 1. The Kier molecular flexibility index (Phi) is 2.64. The van der Waals surface area contributed by atoms with Gasteiger partial charge in [0.15, 0.2) is 5.82 Å². The molecule has 5 heteroatoms. The van der Waals surface area contributed by atoms with Gasteiger partial charge in [-0.1, -0.05) is 11.6 Å². The van der Waals surface area contributed by atoms with Gasteiger partial charge in [0.05, 0.1) is 11.8 Å². The van der Waals surface area contributed by atoms with Gasteiger partial charge in [-0.05, 0) is 37.8 Å². The topological polar surface area (TPSA) is 62.4 Å². The van der Waals surface area contributed by atoms with Crippen LogP contribution in [-0.4, -0.2) is 28.3 Å². The minimum absolute atomic E-state index is 0.177. The van der Waals surface area contributed by atoms with Crippen LogP contribution in [0.25, 0.3) is 0 Å². The standard InChI is InChI=1S/C12H16ClN3O/c13-11-4-3-10(14)12(15-11)16-7-1-2-8(16)6-9(17)5-7/h3-4,7-9,17H,1-2,5-6,14H2. The average Bonchev–Trinajstić information content (AvgIpc) is 2.54. The summed E-state index contributed by atoms with van der Waals surface area (Å²) in [5.74, 6) is 0.789. The van der Waals surface area contributed by atoms with Crippen molar-refractivity contribution in [3.8, 4) is 0 Å². The van der Waals surface area contributed by atoms with Gasteiger partial charge in [0.25, 0.3) is 0 Å². The first-order valence-electron chi connectivity index (χ1n) is 6.03. The second-order valence-electron chi connectivity index (χ2n) is 4.96. The fourth-order valence-corrected chi connectivity index (χ4v) is 3.28. The highest BCUT2D eigenvalue weighted by atomic mass is 35.5. The van der Waals surface area contributed by atoms with Crippen molar-refractivity contribution < 1.29 is 5.11 Å². The molecule has 1 aromatic heterocycles. The smallest absolute Gasteiger partial charge is 0.154 e. The van der Waals surface area contributed by atoms with Crippen molar-refractivity contribution in [2.75, 3.05) is 10.6 Å². The van der Waals surface area contributed by atoms with Crippen LogP contribution in [0.3, 0.4) is 0 Å². The Hall–Kier alpha value is -1.00. The number of aromatic nitrogens is 1. The molecule has 3 rings (SSSR count). The summed E-state index contributed by atoms with van der Waals surface area (Å²) in [5.41, 5.74) is 6.65. The van der Waals surface area contributed by atoms with E-state index in [1.807, 2.05) is 0 Å². The lowest BCUT2D eigenvalue weighted by atomic mass is 10.00. The quantitative estimate of drug-likeness (QED) is 0.750. The molecule has 2 aliphatic heterocycles. The van der Waals surface area contributed by atoms with Crippen molar-refractivity contribution in [1.29, 1.82) is 0 Å². The predicted octanol–water partition coefficient (Wildman–Crippen LogP) is 1.81. The van der Waals surface area contributed by atoms with Crippen LogP contribution >= 0.6 is 11.6 Å². The lowest BCUT2D eigenvalue weighted by Crippen LogP contribution is -2.45. The second-order valence-corrected chi connectivity index (χ2v) is 5.35. The van der Waals surface area contributed by atoms with Crippen LogP contribution in [0.15, 0.2) is 12.1 Å². The Morgan fingerprint density at radius 2 is 1.94 bits per heavy atom. The average molecular weight is 254 g/mol. The van der Waals surface area contributed by atoms with E-state index < -0.39 is 0 Å². The van der Waals surface area contributed by atoms with Gasteiger partial charge in [0.2, 0.25) is 0 Å². The van der Waals surface area contributed by atoms with Gasteiger partial charge < -0.3 is 15.7 Å². The lowest BCUT2D eigenvalue weighted by molar-refractivity contribution is 0.126. The van der Waals surface area contributed by atoms with E-state index in [-0.39, 0.29) is 6.10 Å². The first kappa shape index (κ1) is 11.1. The van der Waals surface area contributed by atoms with Gasteiger partial charge in [-0.3, -0.25) is 0 Å². The number of pyridine rings is 1. The summed E-state index contributed by atoms with van der Waals surface area (Å²) < 4.78 is 0. The molecular weight excluding hydrogens is 238 g/mol. The van der Waals surface area contributed by atoms with Gasteiger partial charge in [-0.2, -0.15) is 0 Å². The zero-order valence-electron chi connectivity index (χ0n) is 9.51. The number of nitrogen functional groups attached to an aromatic ring is 1. The van der Waals surface area contributed by atoms with Crippen molar-refractivity contribution in [1.82, 2.24) is 4.98 Å². The van der Waals surface area contributed by atoms with E-state index in [4.69, 9.17) is 17.3 Å². The highest BCUT2D eigenvalue weighted by Crippen LogP contribution is 2.40. The van der Waals surface area contributed by atoms with E-state index in [9.17, 15) is 5.11 Å². The Morgan fingerprint density at radius 3 is 2.59 bits per heavy atom. The van der Waals surface area contributed by atoms with Crippen LogP contribution in [-0.2, 0) is 0 Å².